The van der Waals surface area contributed by atoms with Crippen LogP contribution < -0.4 is 0 Å². The molecular formula is C26H38O5. The Labute approximate surface area is 187 Å². The summed E-state index contributed by atoms with van der Waals surface area (Å²) in [5, 5.41) is 9.92. The largest absolute Gasteiger partial charge is 0.462 e. The van der Waals surface area contributed by atoms with Crippen molar-refractivity contribution in [2.45, 2.75) is 71.8 Å². The maximum absolute atomic E-state index is 12.2. The highest BCUT2D eigenvalue weighted by atomic mass is 16.5. The predicted molar refractivity (Wildman–Crippen MR) is 124 cm³/mol. The first-order valence-electron chi connectivity index (χ1n) is 11.0. The molecule has 0 fully saturated rings. The summed E-state index contributed by atoms with van der Waals surface area (Å²) in [7, 11) is 0. The van der Waals surface area contributed by atoms with Crippen molar-refractivity contribution in [1.82, 2.24) is 0 Å². The molecule has 1 N–H and O–H groups in total. The second-order valence-electron chi connectivity index (χ2n) is 8.69. The van der Waals surface area contributed by atoms with Gasteiger partial charge in [0.05, 0.1) is 24.4 Å². The number of rotatable bonds is 14. The maximum atomic E-state index is 12.2. The molecule has 0 aliphatic carbocycles. The van der Waals surface area contributed by atoms with E-state index in [1.807, 2.05) is 0 Å². The van der Waals surface area contributed by atoms with Crippen molar-refractivity contribution in [2.24, 2.45) is 5.92 Å². The van der Waals surface area contributed by atoms with Crippen molar-refractivity contribution < 1.29 is 24.2 Å². The highest BCUT2D eigenvalue weighted by Gasteiger charge is 2.26. The molecule has 0 saturated carbocycles. The Kier molecular flexibility index (Phi) is 11.3. The molecule has 0 radical (unpaired) electrons. The third-order valence-corrected chi connectivity index (χ3v) is 5.17. The zero-order chi connectivity index (χ0) is 23.4. The number of unbranched alkanes of at least 4 members (excludes halogenated alkanes) is 2. The molecule has 1 aromatic carbocycles. The smallest absolute Gasteiger partial charge is 0.336 e. The molecule has 1 rings (SSSR count). The van der Waals surface area contributed by atoms with E-state index >= 15 is 0 Å². The van der Waals surface area contributed by atoms with Gasteiger partial charge in [-0.15, -0.1) is 0 Å². The maximum Gasteiger partial charge on any atom is 0.336 e. The Morgan fingerprint density at radius 3 is 1.97 bits per heavy atom. The zero-order valence-corrected chi connectivity index (χ0v) is 19.5. The SMILES string of the molecule is C=C(C)C(=O)OCC(CCc1ccc(CCCCC)cc1)COC(=O)C(=C)C(C)(C)O. The van der Waals surface area contributed by atoms with Crippen LogP contribution in [0.3, 0.4) is 0 Å². The Balaban J connectivity index is 2.66. The molecule has 0 bridgehead atoms. The van der Waals surface area contributed by atoms with E-state index < -0.39 is 17.5 Å². The lowest BCUT2D eigenvalue weighted by Crippen LogP contribution is -2.30. The molecule has 31 heavy (non-hydrogen) atoms. The lowest BCUT2D eigenvalue weighted by molar-refractivity contribution is -0.145. The van der Waals surface area contributed by atoms with Crippen molar-refractivity contribution in [1.29, 1.82) is 0 Å². The first-order valence-corrected chi connectivity index (χ1v) is 11.0. The number of aryl methyl sites for hydroxylation is 2. The molecule has 1 aromatic rings. The molecule has 0 amide bonds. The van der Waals surface area contributed by atoms with Gasteiger partial charge in [0, 0.05) is 11.5 Å². The van der Waals surface area contributed by atoms with E-state index in [1.54, 1.807) is 6.92 Å². The van der Waals surface area contributed by atoms with Crippen molar-refractivity contribution in [3.63, 3.8) is 0 Å². The molecule has 0 aliphatic heterocycles. The third-order valence-electron chi connectivity index (χ3n) is 5.17. The van der Waals surface area contributed by atoms with Crippen LogP contribution in [0.15, 0.2) is 48.6 Å². The van der Waals surface area contributed by atoms with Gasteiger partial charge in [0.2, 0.25) is 0 Å². The number of hydrogen-bond donors (Lipinski definition) is 1. The monoisotopic (exact) mass is 430 g/mol. The van der Waals surface area contributed by atoms with Crippen LogP contribution in [0.5, 0.6) is 0 Å². The van der Waals surface area contributed by atoms with Crippen molar-refractivity contribution >= 4 is 11.9 Å². The summed E-state index contributed by atoms with van der Waals surface area (Å²) in [5.41, 5.74) is 1.48. The van der Waals surface area contributed by atoms with Gasteiger partial charge in [-0.1, -0.05) is 57.2 Å². The first-order chi connectivity index (χ1) is 14.5. The Hall–Kier alpha value is -2.40. The molecule has 1 unspecified atom stereocenters. The predicted octanol–water partition coefficient (Wildman–Crippen LogP) is 4.96. The Morgan fingerprint density at radius 1 is 0.968 bits per heavy atom. The van der Waals surface area contributed by atoms with Crippen LogP contribution in [-0.2, 0) is 31.9 Å². The summed E-state index contributed by atoms with van der Waals surface area (Å²) in [4.78, 5) is 23.9. The van der Waals surface area contributed by atoms with Crippen LogP contribution in [-0.4, -0.2) is 35.9 Å². The van der Waals surface area contributed by atoms with Crippen molar-refractivity contribution in [3.8, 4) is 0 Å². The van der Waals surface area contributed by atoms with Crippen molar-refractivity contribution in [2.75, 3.05) is 13.2 Å². The van der Waals surface area contributed by atoms with E-state index in [9.17, 15) is 14.7 Å². The third kappa shape index (κ3) is 10.5. The standard InChI is InChI=1S/C26H38O5/c1-7-8-9-10-21-11-13-22(14-12-21)15-16-23(17-30-24(27)19(2)3)18-31-25(28)20(4)26(5,6)29/h11-14,23,29H,2,4,7-10,15-18H2,1,3,5-6H3. The van der Waals surface area contributed by atoms with Crippen LogP contribution >= 0.6 is 0 Å². The number of ether oxygens (including phenoxy) is 2. The summed E-state index contributed by atoms with van der Waals surface area (Å²) in [6.07, 6.45) is 6.20. The van der Waals surface area contributed by atoms with E-state index in [0.717, 1.165) is 12.8 Å². The minimum absolute atomic E-state index is 0.0103. The fraction of sp³-hybridized carbons (Fsp3) is 0.538. The Bertz CT molecular complexity index is 740. The Morgan fingerprint density at radius 2 is 1.48 bits per heavy atom. The molecule has 5 nitrogen and oxygen atoms in total. The number of carbonyl (C=O) groups excluding carboxylic acids is 2. The van der Waals surface area contributed by atoms with Crippen LogP contribution in [0.2, 0.25) is 0 Å². The lowest BCUT2D eigenvalue weighted by atomic mass is 9.98. The second kappa shape index (κ2) is 13.1. The van der Waals surface area contributed by atoms with Gasteiger partial charge in [0.15, 0.2) is 0 Å². The molecular weight excluding hydrogens is 392 g/mol. The zero-order valence-electron chi connectivity index (χ0n) is 19.5. The summed E-state index contributed by atoms with van der Waals surface area (Å²) < 4.78 is 10.6. The highest BCUT2D eigenvalue weighted by molar-refractivity contribution is 5.89. The lowest BCUT2D eigenvalue weighted by Gasteiger charge is -2.21. The number of benzene rings is 1. The highest BCUT2D eigenvalue weighted by Crippen LogP contribution is 2.18. The average Bonchev–Trinajstić information content (AvgIpc) is 2.72. The molecule has 0 aromatic heterocycles. The van der Waals surface area contributed by atoms with Gasteiger partial charge >= 0.3 is 11.9 Å². The van der Waals surface area contributed by atoms with Gasteiger partial charge in [0.1, 0.15) is 0 Å². The van der Waals surface area contributed by atoms with Crippen LogP contribution in [0.4, 0.5) is 0 Å². The molecule has 0 aliphatic rings. The summed E-state index contributed by atoms with van der Waals surface area (Å²) in [6, 6.07) is 8.57. The first kappa shape index (κ1) is 26.6. The topological polar surface area (TPSA) is 72.8 Å². The van der Waals surface area contributed by atoms with Gasteiger partial charge in [-0.3, -0.25) is 0 Å². The molecule has 1 atom stereocenters. The number of hydrogen-bond acceptors (Lipinski definition) is 5. The molecule has 0 heterocycles. The second-order valence-corrected chi connectivity index (χ2v) is 8.69. The normalized spacial score (nSPS) is 12.2. The van der Waals surface area contributed by atoms with Gasteiger partial charge in [0.25, 0.3) is 0 Å². The number of aliphatic hydroxyl groups is 1. The molecule has 172 valence electrons. The number of esters is 2. The summed E-state index contributed by atoms with van der Waals surface area (Å²) >= 11 is 0. The van der Waals surface area contributed by atoms with E-state index in [-0.39, 0.29) is 24.7 Å². The van der Waals surface area contributed by atoms with Gasteiger partial charge in [-0.05, 0) is 57.6 Å². The fourth-order valence-corrected chi connectivity index (χ4v) is 2.88. The number of carbonyl (C=O) groups is 2. The van der Waals surface area contributed by atoms with E-state index in [1.165, 1.54) is 44.2 Å². The summed E-state index contributed by atoms with van der Waals surface area (Å²) in [5.74, 6) is -1.29. The summed E-state index contributed by atoms with van der Waals surface area (Å²) in [6.45, 7) is 14.1. The average molecular weight is 431 g/mol. The minimum atomic E-state index is -1.35. The fourth-order valence-electron chi connectivity index (χ4n) is 2.88. The van der Waals surface area contributed by atoms with Crippen LogP contribution in [0, 0.1) is 5.92 Å². The quantitative estimate of drug-likeness (QED) is 0.257. The minimum Gasteiger partial charge on any atom is -0.462 e. The van der Waals surface area contributed by atoms with E-state index in [0.29, 0.717) is 12.0 Å². The van der Waals surface area contributed by atoms with Crippen LogP contribution in [0.25, 0.3) is 0 Å². The van der Waals surface area contributed by atoms with Gasteiger partial charge in [-0.25, -0.2) is 9.59 Å². The molecule has 0 spiro atoms. The van der Waals surface area contributed by atoms with Crippen molar-refractivity contribution in [3.05, 3.63) is 59.7 Å². The van der Waals surface area contributed by atoms with Gasteiger partial charge in [-0.2, -0.15) is 0 Å². The molecule has 5 heteroatoms. The van der Waals surface area contributed by atoms with E-state index in [2.05, 4.69) is 44.3 Å². The van der Waals surface area contributed by atoms with Crippen LogP contribution in [0.1, 0.15) is 64.5 Å². The van der Waals surface area contributed by atoms with Gasteiger partial charge < -0.3 is 14.6 Å². The molecule has 0 saturated heterocycles. The van der Waals surface area contributed by atoms with E-state index in [4.69, 9.17) is 9.47 Å².